The normalized spacial score (nSPS) is 13.2. The number of pyridine rings is 1. The molecule has 0 amide bonds. The molecule has 7 heteroatoms. The SMILES string of the molecule is Nc1cc(CC(O)c2ccc(Br)cc2C(F)(F)F)ccn1. The first-order valence-corrected chi connectivity index (χ1v) is 6.82. The third-order valence-corrected chi connectivity index (χ3v) is 3.45. The lowest BCUT2D eigenvalue weighted by Crippen LogP contribution is -2.13. The van der Waals surface area contributed by atoms with Gasteiger partial charge >= 0.3 is 6.18 Å². The zero-order valence-electron chi connectivity index (χ0n) is 10.7. The molecule has 0 aliphatic rings. The Hall–Kier alpha value is -1.60. The van der Waals surface area contributed by atoms with Gasteiger partial charge in [-0.15, -0.1) is 0 Å². The number of aliphatic hydroxyl groups excluding tert-OH is 1. The number of nitrogens with zero attached hydrogens (tertiary/aromatic N) is 1. The van der Waals surface area contributed by atoms with Crippen LogP contribution in [0.3, 0.4) is 0 Å². The zero-order valence-corrected chi connectivity index (χ0v) is 12.3. The number of rotatable bonds is 3. The van der Waals surface area contributed by atoms with Crippen molar-refractivity contribution in [3.05, 3.63) is 57.7 Å². The van der Waals surface area contributed by atoms with Crippen LogP contribution in [0.1, 0.15) is 22.8 Å². The summed E-state index contributed by atoms with van der Waals surface area (Å²) >= 11 is 3.01. The van der Waals surface area contributed by atoms with Crippen LogP contribution in [-0.4, -0.2) is 10.1 Å². The van der Waals surface area contributed by atoms with Crippen LogP contribution in [0.4, 0.5) is 19.0 Å². The molecule has 3 N–H and O–H groups in total. The van der Waals surface area contributed by atoms with Crippen molar-refractivity contribution in [3.63, 3.8) is 0 Å². The highest BCUT2D eigenvalue weighted by molar-refractivity contribution is 9.10. The lowest BCUT2D eigenvalue weighted by molar-refractivity contribution is -0.139. The Bertz CT molecular complexity index is 646. The Morgan fingerprint density at radius 3 is 2.57 bits per heavy atom. The van der Waals surface area contributed by atoms with Crippen LogP contribution in [0.2, 0.25) is 0 Å². The van der Waals surface area contributed by atoms with Crippen LogP contribution in [0.25, 0.3) is 0 Å². The summed E-state index contributed by atoms with van der Waals surface area (Å²) in [6, 6.07) is 6.82. The summed E-state index contributed by atoms with van der Waals surface area (Å²) in [6.45, 7) is 0. The first-order chi connectivity index (χ1) is 9.77. The number of alkyl halides is 3. The number of anilines is 1. The quantitative estimate of drug-likeness (QED) is 0.876. The molecule has 2 rings (SSSR count). The Morgan fingerprint density at radius 1 is 1.24 bits per heavy atom. The maximum absolute atomic E-state index is 13.0. The maximum Gasteiger partial charge on any atom is 0.416 e. The number of halogens is 4. The third kappa shape index (κ3) is 3.95. The van der Waals surface area contributed by atoms with Crippen molar-refractivity contribution < 1.29 is 18.3 Å². The molecular formula is C14H12BrF3N2O. The van der Waals surface area contributed by atoms with Crippen LogP contribution in [0.15, 0.2) is 41.0 Å². The Labute approximate surface area is 127 Å². The van der Waals surface area contributed by atoms with Gasteiger partial charge in [0.2, 0.25) is 0 Å². The van der Waals surface area contributed by atoms with Crippen LogP contribution in [-0.2, 0) is 12.6 Å². The van der Waals surface area contributed by atoms with E-state index in [1.54, 1.807) is 6.07 Å². The van der Waals surface area contributed by atoms with Gasteiger partial charge < -0.3 is 10.8 Å². The van der Waals surface area contributed by atoms with E-state index in [2.05, 4.69) is 20.9 Å². The molecule has 0 aliphatic heterocycles. The molecular weight excluding hydrogens is 349 g/mol. The average Bonchev–Trinajstić information content (AvgIpc) is 2.37. The predicted octanol–water partition coefficient (Wildman–Crippen LogP) is 3.72. The Balaban J connectivity index is 2.33. The minimum atomic E-state index is -4.53. The van der Waals surface area contributed by atoms with Crippen molar-refractivity contribution in [1.29, 1.82) is 0 Å². The predicted molar refractivity (Wildman–Crippen MR) is 76.5 cm³/mol. The maximum atomic E-state index is 13.0. The molecule has 0 fully saturated rings. The summed E-state index contributed by atoms with van der Waals surface area (Å²) in [5.74, 6) is 0.256. The lowest BCUT2D eigenvalue weighted by atomic mass is 9.97. The monoisotopic (exact) mass is 360 g/mol. The number of hydrogen-bond donors (Lipinski definition) is 2. The van der Waals surface area contributed by atoms with E-state index >= 15 is 0 Å². The Morgan fingerprint density at radius 2 is 1.95 bits per heavy atom. The van der Waals surface area contributed by atoms with E-state index in [4.69, 9.17) is 5.73 Å². The molecule has 0 saturated heterocycles. The number of nitrogen functional groups attached to an aromatic ring is 1. The van der Waals surface area contributed by atoms with Crippen LogP contribution < -0.4 is 5.73 Å². The fourth-order valence-electron chi connectivity index (χ4n) is 2.02. The molecule has 2 aromatic rings. The smallest absolute Gasteiger partial charge is 0.388 e. The summed E-state index contributed by atoms with van der Waals surface area (Å²) in [5, 5.41) is 10.1. The summed E-state index contributed by atoms with van der Waals surface area (Å²) in [5.41, 5.74) is 5.11. The fraction of sp³-hybridized carbons (Fsp3) is 0.214. The van der Waals surface area contributed by atoms with Crippen molar-refractivity contribution in [2.24, 2.45) is 0 Å². The van der Waals surface area contributed by atoms with Crippen molar-refractivity contribution >= 4 is 21.7 Å². The molecule has 1 aromatic carbocycles. The Kier molecular flexibility index (Phi) is 4.53. The second-order valence-corrected chi connectivity index (χ2v) is 5.45. The first-order valence-electron chi connectivity index (χ1n) is 6.02. The number of nitrogens with two attached hydrogens (primary N) is 1. The van der Waals surface area contributed by atoms with E-state index in [-0.39, 0.29) is 17.8 Å². The topological polar surface area (TPSA) is 59.1 Å². The molecule has 0 aliphatic carbocycles. The molecule has 0 radical (unpaired) electrons. The van der Waals surface area contributed by atoms with Gasteiger partial charge in [0.1, 0.15) is 5.82 Å². The van der Waals surface area contributed by atoms with Crippen molar-refractivity contribution in [2.75, 3.05) is 5.73 Å². The van der Waals surface area contributed by atoms with Gasteiger partial charge in [-0.25, -0.2) is 4.98 Å². The second-order valence-electron chi connectivity index (χ2n) is 4.54. The number of hydrogen-bond acceptors (Lipinski definition) is 3. The molecule has 0 spiro atoms. The van der Waals surface area contributed by atoms with Crippen LogP contribution in [0, 0.1) is 0 Å². The highest BCUT2D eigenvalue weighted by Gasteiger charge is 2.35. The molecule has 1 atom stereocenters. The van der Waals surface area contributed by atoms with Gasteiger partial charge in [0.25, 0.3) is 0 Å². The van der Waals surface area contributed by atoms with Gasteiger partial charge in [-0.2, -0.15) is 13.2 Å². The van der Waals surface area contributed by atoms with Crippen LogP contribution >= 0.6 is 15.9 Å². The molecule has 0 saturated carbocycles. The van der Waals surface area contributed by atoms with E-state index in [0.29, 0.717) is 10.0 Å². The standard InChI is InChI=1S/C14H12BrF3N2O/c15-9-1-2-10(11(7-9)14(16,17)18)12(21)5-8-3-4-20-13(19)6-8/h1-4,6-7,12,21H,5H2,(H2,19,20). The van der Waals surface area contributed by atoms with Gasteiger partial charge in [-0.05, 0) is 35.4 Å². The van der Waals surface area contributed by atoms with E-state index in [1.165, 1.54) is 24.4 Å². The largest absolute Gasteiger partial charge is 0.416 e. The van der Waals surface area contributed by atoms with Gasteiger partial charge in [0.15, 0.2) is 0 Å². The van der Waals surface area contributed by atoms with Gasteiger partial charge in [-0.1, -0.05) is 22.0 Å². The molecule has 1 heterocycles. The van der Waals surface area contributed by atoms with Crippen LogP contribution in [0.5, 0.6) is 0 Å². The summed E-state index contributed by atoms with van der Waals surface area (Å²) in [4.78, 5) is 3.80. The highest BCUT2D eigenvalue weighted by atomic mass is 79.9. The van der Waals surface area contributed by atoms with E-state index in [0.717, 1.165) is 6.07 Å². The molecule has 1 unspecified atom stereocenters. The van der Waals surface area contributed by atoms with Crippen molar-refractivity contribution in [1.82, 2.24) is 4.98 Å². The van der Waals surface area contributed by atoms with E-state index in [1.807, 2.05) is 0 Å². The highest BCUT2D eigenvalue weighted by Crippen LogP contribution is 2.37. The minimum Gasteiger partial charge on any atom is -0.388 e. The summed E-state index contributed by atoms with van der Waals surface area (Å²) in [7, 11) is 0. The second kappa shape index (κ2) is 6.03. The lowest BCUT2D eigenvalue weighted by Gasteiger charge is -2.18. The molecule has 1 aromatic heterocycles. The fourth-order valence-corrected chi connectivity index (χ4v) is 2.38. The molecule has 0 bridgehead atoms. The minimum absolute atomic E-state index is 0.0252. The van der Waals surface area contributed by atoms with E-state index < -0.39 is 17.8 Å². The van der Waals surface area contributed by atoms with Gasteiger partial charge in [-0.3, -0.25) is 0 Å². The van der Waals surface area contributed by atoms with Gasteiger partial charge in [0, 0.05) is 17.1 Å². The number of aliphatic hydroxyl groups is 1. The van der Waals surface area contributed by atoms with Crippen molar-refractivity contribution in [3.8, 4) is 0 Å². The average molecular weight is 361 g/mol. The molecule has 21 heavy (non-hydrogen) atoms. The van der Waals surface area contributed by atoms with Gasteiger partial charge in [0.05, 0.1) is 11.7 Å². The summed E-state index contributed by atoms with van der Waals surface area (Å²) < 4.78 is 39.4. The number of aromatic nitrogens is 1. The summed E-state index contributed by atoms with van der Waals surface area (Å²) in [6.07, 6.45) is -4.34. The van der Waals surface area contributed by atoms with E-state index in [9.17, 15) is 18.3 Å². The third-order valence-electron chi connectivity index (χ3n) is 2.95. The molecule has 3 nitrogen and oxygen atoms in total. The zero-order chi connectivity index (χ0) is 15.6. The first kappa shape index (κ1) is 15.8. The number of benzene rings is 1. The van der Waals surface area contributed by atoms with Crippen molar-refractivity contribution in [2.45, 2.75) is 18.7 Å². The molecule has 112 valence electrons.